The van der Waals surface area contributed by atoms with Gasteiger partial charge in [0.1, 0.15) is 0 Å². The second-order valence-electron chi connectivity index (χ2n) is 3.68. The number of carbonyl (C=O) groups excluding carboxylic acids is 1. The summed E-state index contributed by atoms with van der Waals surface area (Å²) in [4.78, 5) is 11.6. The van der Waals surface area contributed by atoms with Gasteiger partial charge in [0.05, 0.1) is 0 Å². The van der Waals surface area contributed by atoms with Crippen LogP contribution in [0.4, 0.5) is 0 Å². The van der Waals surface area contributed by atoms with E-state index in [1.165, 1.54) is 11.6 Å². The summed E-state index contributed by atoms with van der Waals surface area (Å²) in [5, 5.41) is 2.69. The summed E-state index contributed by atoms with van der Waals surface area (Å²) < 4.78 is 0. The number of carbonyl (C=O) groups is 1. The fourth-order valence-electron chi connectivity index (χ4n) is 1.38. The van der Waals surface area contributed by atoms with E-state index in [4.69, 9.17) is 0 Å². The quantitative estimate of drug-likeness (QED) is 0.767. The molecule has 3 heteroatoms. The first-order chi connectivity index (χ1) is 7.13. The van der Waals surface area contributed by atoms with Gasteiger partial charge in [0.25, 0.3) is 5.91 Å². The lowest BCUT2D eigenvalue weighted by Crippen LogP contribution is -2.20. The zero-order valence-electron chi connectivity index (χ0n) is 9.34. The van der Waals surface area contributed by atoms with Gasteiger partial charge >= 0.3 is 0 Å². The molecule has 0 bridgehead atoms. The molecular formula is C12H17NOSi. The van der Waals surface area contributed by atoms with Gasteiger partial charge < -0.3 is 5.32 Å². The van der Waals surface area contributed by atoms with Gasteiger partial charge in [0.2, 0.25) is 0 Å². The summed E-state index contributed by atoms with van der Waals surface area (Å²) in [5.74, 6) is -0.0807. The first kappa shape index (κ1) is 11.7. The maximum Gasteiger partial charge on any atom is 0.255 e. The lowest BCUT2D eigenvalue weighted by atomic mass is 10.1. The Labute approximate surface area is 93.2 Å². The van der Waals surface area contributed by atoms with Crippen LogP contribution in [0.25, 0.3) is 0 Å². The predicted molar refractivity (Wildman–Crippen MR) is 66.8 cm³/mol. The Bertz CT molecular complexity index is 356. The molecule has 0 spiro atoms. The van der Waals surface area contributed by atoms with E-state index >= 15 is 0 Å². The second kappa shape index (κ2) is 5.51. The first-order valence-electron chi connectivity index (χ1n) is 5.19. The molecule has 15 heavy (non-hydrogen) atoms. The first-order valence-corrected chi connectivity index (χ1v) is 7.60. The molecular weight excluding hydrogens is 202 g/mol. The van der Waals surface area contributed by atoms with Crippen LogP contribution in [0.2, 0.25) is 6.55 Å². The van der Waals surface area contributed by atoms with Crippen LogP contribution in [0.3, 0.4) is 0 Å². The molecule has 0 heterocycles. The van der Waals surface area contributed by atoms with Gasteiger partial charge in [-0.25, -0.2) is 0 Å². The zero-order chi connectivity index (χ0) is 11.3. The normalized spacial score (nSPS) is 10.5. The van der Waals surface area contributed by atoms with Gasteiger partial charge in [0.15, 0.2) is 0 Å². The molecule has 2 nitrogen and oxygen atoms in total. The van der Waals surface area contributed by atoms with Crippen molar-refractivity contribution in [2.45, 2.75) is 19.5 Å². The minimum atomic E-state index is -0.0807. The number of hydrogen-bond donors (Lipinski definition) is 1. The molecule has 0 aliphatic rings. The Morgan fingerprint density at radius 2 is 2.00 bits per heavy atom. The van der Waals surface area contributed by atoms with Gasteiger partial charge in [-0.05, 0) is 25.1 Å². The van der Waals surface area contributed by atoms with Gasteiger partial charge in [-0.15, -0.1) is 0 Å². The Hall–Kier alpha value is -1.35. The molecule has 0 saturated carbocycles. The number of amides is 1. The van der Waals surface area contributed by atoms with Gasteiger partial charge in [-0.1, -0.05) is 30.8 Å². The molecule has 0 saturated heterocycles. The summed E-state index contributed by atoms with van der Waals surface area (Å²) in [7, 11) is 0.0513. The molecule has 1 aromatic rings. The van der Waals surface area contributed by atoms with Gasteiger partial charge in [0, 0.05) is 20.8 Å². The average Bonchev–Trinajstić information content (AvgIpc) is 2.18. The van der Waals surface area contributed by atoms with Crippen LogP contribution in [0.5, 0.6) is 0 Å². The molecule has 0 unspecified atom stereocenters. The molecule has 0 radical (unpaired) electrons. The summed E-state index contributed by atoms with van der Waals surface area (Å²) in [6.07, 6.45) is 0. The van der Waals surface area contributed by atoms with E-state index < -0.39 is 0 Å². The maximum absolute atomic E-state index is 11.6. The van der Waals surface area contributed by atoms with Crippen LogP contribution in [-0.4, -0.2) is 15.4 Å². The van der Waals surface area contributed by atoms with Crippen LogP contribution in [0.1, 0.15) is 22.8 Å². The van der Waals surface area contributed by atoms with Crippen molar-refractivity contribution < 1.29 is 4.79 Å². The average molecular weight is 219 g/mol. The standard InChI is InChI=1S/C12H17NOSi/c1-9(2)13-12(14)11-6-4-10(5-7-11)8-15-3/h4-7H,1,8,15H2,2-3H3,(H,13,14). The maximum atomic E-state index is 11.6. The Morgan fingerprint density at radius 1 is 1.40 bits per heavy atom. The van der Waals surface area contributed by atoms with E-state index in [1.807, 2.05) is 24.3 Å². The Balaban J connectivity index is 2.71. The van der Waals surface area contributed by atoms with Gasteiger partial charge in [-0.2, -0.15) is 0 Å². The number of hydrogen-bond acceptors (Lipinski definition) is 1. The van der Waals surface area contributed by atoms with Crippen LogP contribution in [0.15, 0.2) is 36.5 Å². The van der Waals surface area contributed by atoms with E-state index in [2.05, 4.69) is 18.4 Å². The third kappa shape index (κ3) is 3.71. The number of allylic oxidation sites excluding steroid dienone is 1. The second-order valence-corrected chi connectivity index (χ2v) is 5.18. The monoisotopic (exact) mass is 219 g/mol. The fourth-order valence-corrected chi connectivity index (χ4v) is 2.29. The van der Waals surface area contributed by atoms with E-state index in [-0.39, 0.29) is 15.4 Å². The molecule has 80 valence electrons. The van der Waals surface area contributed by atoms with E-state index in [1.54, 1.807) is 6.92 Å². The van der Waals surface area contributed by atoms with Gasteiger partial charge in [-0.3, -0.25) is 4.79 Å². The minimum absolute atomic E-state index is 0.0513. The van der Waals surface area contributed by atoms with Crippen molar-refractivity contribution in [2.24, 2.45) is 0 Å². The molecule has 0 aliphatic heterocycles. The molecule has 0 aromatic heterocycles. The fraction of sp³-hybridized carbons (Fsp3) is 0.250. The van der Waals surface area contributed by atoms with Crippen molar-refractivity contribution in [2.75, 3.05) is 0 Å². The van der Waals surface area contributed by atoms with Crippen LogP contribution in [0, 0.1) is 0 Å². The number of benzene rings is 1. The third-order valence-electron chi connectivity index (χ3n) is 2.08. The van der Waals surface area contributed by atoms with Crippen molar-refractivity contribution in [3.05, 3.63) is 47.7 Å². The van der Waals surface area contributed by atoms with Crippen LogP contribution in [-0.2, 0) is 6.04 Å². The van der Waals surface area contributed by atoms with Crippen LogP contribution < -0.4 is 5.32 Å². The zero-order valence-corrected chi connectivity index (χ0v) is 10.8. The molecule has 1 aromatic carbocycles. The highest BCUT2D eigenvalue weighted by atomic mass is 28.2. The molecule has 0 fully saturated rings. The highest BCUT2D eigenvalue weighted by Gasteiger charge is 2.04. The molecule has 1 rings (SSSR count). The number of rotatable bonds is 4. The smallest absolute Gasteiger partial charge is 0.255 e. The minimum Gasteiger partial charge on any atom is -0.327 e. The van der Waals surface area contributed by atoms with Crippen molar-refractivity contribution in [1.82, 2.24) is 5.32 Å². The molecule has 1 N–H and O–H groups in total. The molecule has 0 aliphatic carbocycles. The SMILES string of the molecule is C=C(C)NC(=O)c1ccc(C[SiH2]C)cc1. The predicted octanol–water partition coefficient (Wildman–Crippen LogP) is 1.67. The Kier molecular flexibility index (Phi) is 4.30. The van der Waals surface area contributed by atoms with E-state index in [9.17, 15) is 4.79 Å². The third-order valence-corrected chi connectivity index (χ3v) is 3.16. The van der Waals surface area contributed by atoms with Crippen molar-refractivity contribution >= 4 is 15.4 Å². The topological polar surface area (TPSA) is 29.1 Å². The summed E-state index contributed by atoms with van der Waals surface area (Å²) >= 11 is 0. The van der Waals surface area contributed by atoms with Crippen molar-refractivity contribution in [1.29, 1.82) is 0 Å². The highest BCUT2D eigenvalue weighted by molar-refractivity contribution is 6.32. The van der Waals surface area contributed by atoms with Crippen molar-refractivity contribution in [3.63, 3.8) is 0 Å². The highest BCUT2D eigenvalue weighted by Crippen LogP contribution is 2.05. The largest absolute Gasteiger partial charge is 0.327 e. The summed E-state index contributed by atoms with van der Waals surface area (Å²) in [6, 6.07) is 9.01. The summed E-state index contributed by atoms with van der Waals surface area (Å²) in [6.45, 7) is 7.69. The summed E-state index contributed by atoms with van der Waals surface area (Å²) in [5.41, 5.74) is 2.70. The lowest BCUT2D eigenvalue weighted by molar-refractivity contribution is 0.0966. The lowest BCUT2D eigenvalue weighted by Gasteiger charge is -2.04. The number of nitrogens with one attached hydrogen (secondary N) is 1. The molecule has 1 amide bonds. The van der Waals surface area contributed by atoms with E-state index in [0.717, 1.165) is 0 Å². The molecule has 0 atom stereocenters. The van der Waals surface area contributed by atoms with E-state index in [0.29, 0.717) is 11.3 Å². The Morgan fingerprint density at radius 3 is 2.47 bits per heavy atom. The van der Waals surface area contributed by atoms with Crippen LogP contribution >= 0.6 is 0 Å². The van der Waals surface area contributed by atoms with Crippen molar-refractivity contribution in [3.8, 4) is 0 Å².